The molecule has 0 radical (unpaired) electrons. The topological polar surface area (TPSA) is 46.5 Å². The Bertz CT molecular complexity index is 596. The molecule has 1 atom stereocenters. The first-order chi connectivity index (χ1) is 9.58. The number of hydrogen-bond acceptors (Lipinski definition) is 2. The second kappa shape index (κ2) is 6.19. The van der Waals surface area contributed by atoms with Gasteiger partial charge in [-0.15, -0.1) is 0 Å². The molecule has 0 spiro atoms. The molecule has 0 saturated carbocycles. The van der Waals surface area contributed by atoms with Gasteiger partial charge in [0.25, 0.3) is 0 Å². The number of halogens is 1. The fourth-order valence-electron chi connectivity index (χ4n) is 1.84. The summed E-state index contributed by atoms with van der Waals surface area (Å²) in [6.07, 6.45) is 0. The average molecular weight is 274 g/mol. The van der Waals surface area contributed by atoms with Gasteiger partial charge in [0, 0.05) is 6.07 Å². The highest BCUT2D eigenvalue weighted by Crippen LogP contribution is 2.20. The van der Waals surface area contributed by atoms with Crippen LogP contribution in [0.4, 0.5) is 4.39 Å². The maximum atomic E-state index is 13.4. The molecule has 3 nitrogen and oxygen atoms in total. The van der Waals surface area contributed by atoms with E-state index < -0.39 is 11.9 Å². The molecule has 2 aromatic carbocycles. The van der Waals surface area contributed by atoms with Gasteiger partial charge < -0.3 is 9.84 Å². The van der Waals surface area contributed by atoms with Gasteiger partial charge in [-0.05, 0) is 24.1 Å². The Labute approximate surface area is 116 Å². The molecule has 1 unspecified atom stereocenters. The van der Waals surface area contributed by atoms with Crippen LogP contribution >= 0.6 is 0 Å². The van der Waals surface area contributed by atoms with Gasteiger partial charge in [0.15, 0.2) is 0 Å². The fourth-order valence-corrected chi connectivity index (χ4v) is 1.84. The maximum Gasteiger partial charge on any atom is 0.314 e. The van der Waals surface area contributed by atoms with Crippen molar-refractivity contribution in [3.05, 3.63) is 65.5 Å². The van der Waals surface area contributed by atoms with E-state index in [0.29, 0.717) is 16.9 Å². The third-order valence-electron chi connectivity index (χ3n) is 3.06. The number of carbonyl (C=O) groups is 1. The van der Waals surface area contributed by atoms with Crippen LogP contribution in [0.5, 0.6) is 5.75 Å². The number of ether oxygens (including phenoxy) is 1. The van der Waals surface area contributed by atoms with Gasteiger partial charge >= 0.3 is 5.97 Å². The summed E-state index contributed by atoms with van der Waals surface area (Å²) in [5, 5.41) is 9.25. The van der Waals surface area contributed by atoms with E-state index in [4.69, 9.17) is 4.74 Å². The number of rotatable bonds is 5. The lowest BCUT2D eigenvalue weighted by atomic mass is 10.0. The van der Waals surface area contributed by atoms with Crippen molar-refractivity contribution in [2.45, 2.75) is 12.8 Å². The Balaban J connectivity index is 2.10. The molecule has 2 rings (SSSR count). The molecule has 2 aromatic rings. The summed E-state index contributed by atoms with van der Waals surface area (Å²) >= 11 is 0. The van der Waals surface area contributed by atoms with Gasteiger partial charge in [0.2, 0.25) is 0 Å². The molecule has 0 saturated heterocycles. The molecule has 1 N–H and O–H groups in total. The van der Waals surface area contributed by atoms with Crippen LogP contribution in [0.25, 0.3) is 0 Å². The highest BCUT2D eigenvalue weighted by molar-refractivity contribution is 5.76. The maximum absolute atomic E-state index is 13.4. The Kier molecular flexibility index (Phi) is 4.35. The number of carboxylic acid groups (broad SMARTS) is 1. The fraction of sp³-hybridized carbons (Fsp3) is 0.188. The third kappa shape index (κ3) is 3.35. The second-order valence-electron chi connectivity index (χ2n) is 4.52. The van der Waals surface area contributed by atoms with Crippen LogP contribution in [0.15, 0.2) is 48.5 Å². The van der Waals surface area contributed by atoms with E-state index in [1.54, 1.807) is 43.3 Å². The van der Waals surface area contributed by atoms with E-state index in [1.807, 2.05) is 6.07 Å². The number of hydrogen-bond donors (Lipinski definition) is 1. The summed E-state index contributed by atoms with van der Waals surface area (Å²) < 4.78 is 18.8. The first-order valence-corrected chi connectivity index (χ1v) is 6.24. The molecule has 0 bridgehead atoms. The first-order valence-electron chi connectivity index (χ1n) is 6.24. The smallest absolute Gasteiger partial charge is 0.314 e. The SMILES string of the molecule is Cc1ccc(OCC(C(=O)O)c2ccccc2)cc1F. The summed E-state index contributed by atoms with van der Waals surface area (Å²) in [7, 11) is 0. The Morgan fingerprint density at radius 1 is 1.25 bits per heavy atom. The number of carboxylic acids is 1. The minimum absolute atomic E-state index is 0.0398. The lowest BCUT2D eigenvalue weighted by molar-refractivity contribution is -0.139. The lowest BCUT2D eigenvalue weighted by Gasteiger charge is -2.14. The van der Waals surface area contributed by atoms with Crippen LogP contribution in [-0.2, 0) is 4.79 Å². The van der Waals surface area contributed by atoms with Gasteiger partial charge in [-0.3, -0.25) is 4.79 Å². The quantitative estimate of drug-likeness (QED) is 0.909. The van der Waals surface area contributed by atoms with Crippen LogP contribution in [0, 0.1) is 12.7 Å². The third-order valence-corrected chi connectivity index (χ3v) is 3.06. The Hall–Kier alpha value is -2.36. The van der Waals surface area contributed by atoms with Crippen LogP contribution in [0.1, 0.15) is 17.0 Å². The Morgan fingerprint density at radius 2 is 1.95 bits per heavy atom. The van der Waals surface area contributed by atoms with Crippen molar-refractivity contribution in [3.8, 4) is 5.75 Å². The van der Waals surface area contributed by atoms with Gasteiger partial charge in [-0.1, -0.05) is 36.4 Å². The predicted octanol–water partition coefficient (Wildman–Crippen LogP) is 3.38. The molecule has 20 heavy (non-hydrogen) atoms. The largest absolute Gasteiger partial charge is 0.492 e. The summed E-state index contributed by atoms with van der Waals surface area (Å²) in [6, 6.07) is 13.3. The minimum atomic E-state index is -0.969. The van der Waals surface area contributed by atoms with E-state index in [9.17, 15) is 14.3 Å². The molecule has 0 fully saturated rings. The highest BCUT2D eigenvalue weighted by Gasteiger charge is 2.20. The van der Waals surface area contributed by atoms with E-state index in [1.165, 1.54) is 6.07 Å². The molecule has 0 amide bonds. The van der Waals surface area contributed by atoms with Crippen molar-refractivity contribution in [1.82, 2.24) is 0 Å². The zero-order valence-corrected chi connectivity index (χ0v) is 11.0. The van der Waals surface area contributed by atoms with Crippen molar-refractivity contribution < 1.29 is 19.0 Å². The molecule has 104 valence electrons. The van der Waals surface area contributed by atoms with Gasteiger partial charge in [-0.25, -0.2) is 4.39 Å². The number of aryl methyl sites for hydroxylation is 1. The minimum Gasteiger partial charge on any atom is -0.492 e. The molecule has 0 aliphatic rings. The first kappa shape index (κ1) is 14.1. The molecule has 0 aliphatic heterocycles. The van der Waals surface area contributed by atoms with Crippen molar-refractivity contribution >= 4 is 5.97 Å². The van der Waals surface area contributed by atoms with Crippen molar-refractivity contribution in [1.29, 1.82) is 0 Å². The zero-order valence-electron chi connectivity index (χ0n) is 11.0. The zero-order chi connectivity index (χ0) is 14.5. The van der Waals surface area contributed by atoms with Crippen molar-refractivity contribution in [2.24, 2.45) is 0 Å². The van der Waals surface area contributed by atoms with Crippen LogP contribution in [0.3, 0.4) is 0 Å². The molecular formula is C16H15FO3. The lowest BCUT2D eigenvalue weighted by Crippen LogP contribution is -2.19. The van der Waals surface area contributed by atoms with Gasteiger partial charge in [-0.2, -0.15) is 0 Å². The molecule has 4 heteroatoms. The van der Waals surface area contributed by atoms with Crippen LogP contribution < -0.4 is 4.74 Å². The predicted molar refractivity (Wildman–Crippen MR) is 73.5 cm³/mol. The van der Waals surface area contributed by atoms with Gasteiger partial charge in [0.05, 0.1) is 0 Å². The van der Waals surface area contributed by atoms with Crippen molar-refractivity contribution in [3.63, 3.8) is 0 Å². The number of aliphatic carboxylic acids is 1. The van der Waals surface area contributed by atoms with E-state index in [0.717, 1.165) is 0 Å². The van der Waals surface area contributed by atoms with Gasteiger partial charge in [0.1, 0.15) is 24.1 Å². The Morgan fingerprint density at radius 3 is 2.55 bits per heavy atom. The van der Waals surface area contributed by atoms with E-state index >= 15 is 0 Å². The number of benzene rings is 2. The molecule has 0 aromatic heterocycles. The summed E-state index contributed by atoms with van der Waals surface area (Å²) in [6.45, 7) is 1.62. The van der Waals surface area contributed by atoms with Crippen molar-refractivity contribution in [2.75, 3.05) is 6.61 Å². The normalized spacial score (nSPS) is 11.9. The average Bonchev–Trinajstić information content (AvgIpc) is 2.44. The molecule has 0 aliphatic carbocycles. The summed E-state index contributed by atoms with van der Waals surface area (Å²) in [5.74, 6) is -1.78. The monoisotopic (exact) mass is 274 g/mol. The standard InChI is InChI=1S/C16H15FO3/c1-11-7-8-13(9-15(11)17)20-10-14(16(18)19)12-5-3-2-4-6-12/h2-9,14H,10H2,1H3,(H,18,19). The summed E-state index contributed by atoms with van der Waals surface area (Å²) in [4.78, 5) is 11.3. The summed E-state index contributed by atoms with van der Waals surface area (Å²) in [5.41, 5.74) is 1.18. The van der Waals surface area contributed by atoms with E-state index in [2.05, 4.69) is 0 Å². The van der Waals surface area contributed by atoms with Crippen LogP contribution in [0.2, 0.25) is 0 Å². The van der Waals surface area contributed by atoms with E-state index in [-0.39, 0.29) is 12.4 Å². The molecule has 0 heterocycles. The molecular weight excluding hydrogens is 259 g/mol. The second-order valence-corrected chi connectivity index (χ2v) is 4.52. The van der Waals surface area contributed by atoms with Crippen LogP contribution in [-0.4, -0.2) is 17.7 Å². The highest BCUT2D eigenvalue weighted by atomic mass is 19.1.